The van der Waals surface area contributed by atoms with Crippen LogP contribution in [0.15, 0.2) is 18.2 Å². The molecule has 4 nitrogen and oxygen atoms in total. The molecule has 0 aliphatic rings. The highest BCUT2D eigenvalue weighted by Gasteiger charge is 2.20. The molecule has 0 N–H and O–H groups in total. The summed E-state index contributed by atoms with van der Waals surface area (Å²) in [6, 6.07) is 6.72. The van der Waals surface area contributed by atoms with Crippen molar-refractivity contribution < 1.29 is 9.53 Å². The summed E-state index contributed by atoms with van der Waals surface area (Å²) in [5, 5.41) is 9.08. The van der Waals surface area contributed by atoms with Gasteiger partial charge in [-0.1, -0.05) is 11.6 Å². The fraction of sp³-hybridized carbons (Fsp3) is 0.429. The van der Waals surface area contributed by atoms with Gasteiger partial charge in [-0.15, -0.1) is 0 Å². The van der Waals surface area contributed by atoms with Crippen LogP contribution in [-0.4, -0.2) is 30.0 Å². The number of hydrogen-bond acceptors (Lipinski definition) is 3. The first kappa shape index (κ1) is 15.3. The number of halogens is 1. The van der Waals surface area contributed by atoms with Crippen LogP contribution in [0.25, 0.3) is 0 Å². The Morgan fingerprint density at radius 1 is 1.47 bits per heavy atom. The van der Waals surface area contributed by atoms with E-state index in [1.165, 1.54) is 6.07 Å². The molecule has 1 aromatic rings. The van der Waals surface area contributed by atoms with Gasteiger partial charge in [0.25, 0.3) is 5.91 Å². The second kappa shape index (κ2) is 7.01. The summed E-state index contributed by atoms with van der Waals surface area (Å²) in [6.45, 7) is 6.81. The molecule has 0 heterocycles. The Bertz CT molecular complexity index is 493. The highest BCUT2D eigenvalue weighted by molar-refractivity contribution is 6.32. The molecule has 102 valence electrons. The van der Waals surface area contributed by atoms with Crippen LogP contribution >= 0.6 is 11.6 Å². The molecule has 1 aromatic carbocycles. The predicted octanol–water partition coefficient (Wildman–Crippen LogP) is 2.85. The van der Waals surface area contributed by atoms with Gasteiger partial charge >= 0.3 is 0 Å². The van der Waals surface area contributed by atoms with Crippen molar-refractivity contribution in [2.24, 2.45) is 0 Å². The lowest BCUT2D eigenvalue weighted by Gasteiger charge is -2.23. The maximum Gasteiger partial charge on any atom is 0.263 e. The number of benzene rings is 1. The molecule has 1 atom stereocenters. The van der Waals surface area contributed by atoms with Crippen molar-refractivity contribution in [1.29, 1.82) is 5.26 Å². The second-order valence-electron chi connectivity index (χ2n) is 4.03. The number of carbonyl (C=O) groups is 1. The van der Waals surface area contributed by atoms with Crippen molar-refractivity contribution in [1.82, 2.24) is 4.90 Å². The van der Waals surface area contributed by atoms with E-state index in [0.717, 1.165) is 0 Å². The van der Waals surface area contributed by atoms with Crippen molar-refractivity contribution in [2.45, 2.75) is 26.9 Å². The highest BCUT2D eigenvalue weighted by Crippen LogP contribution is 2.26. The fourth-order valence-corrected chi connectivity index (χ4v) is 1.92. The van der Waals surface area contributed by atoms with Crippen LogP contribution in [-0.2, 0) is 4.79 Å². The van der Waals surface area contributed by atoms with Gasteiger partial charge in [0.1, 0.15) is 5.75 Å². The van der Waals surface area contributed by atoms with E-state index in [2.05, 4.69) is 0 Å². The van der Waals surface area contributed by atoms with Crippen LogP contribution in [0.1, 0.15) is 26.3 Å². The van der Waals surface area contributed by atoms with E-state index >= 15 is 0 Å². The lowest BCUT2D eigenvalue weighted by Crippen LogP contribution is -2.40. The Balaban J connectivity index is 2.80. The van der Waals surface area contributed by atoms with E-state index in [4.69, 9.17) is 21.6 Å². The summed E-state index contributed by atoms with van der Waals surface area (Å²) in [5.74, 6) is 0.332. The fourth-order valence-electron chi connectivity index (χ4n) is 1.70. The zero-order valence-corrected chi connectivity index (χ0v) is 12.1. The minimum Gasteiger partial charge on any atom is -0.479 e. The van der Waals surface area contributed by atoms with Crippen molar-refractivity contribution >= 4 is 17.5 Å². The Morgan fingerprint density at radius 3 is 2.58 bits per heavy atom. The summed E-state index contributed by atoms with van der Waals surface area (Å²) in [6.07, 6.45) is -0.606. The smallest absolute Gasteiger partial charge is 0.263 e. The van der Waals surface area contributed by atoms with E-state index in [0.29, 0.717) is 29.4 Å². The van der Waals surface area contributed by atoms with E-state index in [9.17, 15) is 4.79 Å². The molecule has 0 saturated heterocycles. The summed E-state index contributed by atoms with van der Waals surface area (Å²) >= 11 is 6.00. The van der Waals surface area contributed by atoms with Gasteiger partial charge in [0, 0.05) is 13.1 Å². The molecule has 1 unspecified atom stereocenters. The van der Waals surface area contributed by atoms with Gasteiger partial charge in [0.05, 0.1) is 16.7 Å². The van der Waals surface area contributed by atoms with E-state index < -0.39 is 6.10 Å². The summed E-state index contributed by atoms with van der Waals surface area (Å²) in [5.41, 5.74) is 0.458. The maximum atomic E-state index is 12.0. The molecule has 1 amide bonds. The van der Waals surface area contributed by atoms with E-state index in [1.807, 2.05) is 19.9 Å². The zero-order chi connectivity index (χ0) is 14.4. The molecule has 0 aromatic heterocycles. The van der Waals surface area contributed by atoms with Crippen molar-refractivity contribution in [2.75, 3.05) is 13.1 Å². The first-order valence-corrected chi connectivity index (χ1v) is 6.56. The molecule has 5 heteroatoms. The molecular formula is C14H17ClN2O2. The SMILES string of the molecule is CCN(CC)C(=O)C(C)Oc1ccc(C#N)cc1Cl. The zero-order valence-electron chi connectivity index (χ0n) is 11.3. The van der Waals surface area contributed by atoms with Gasteiger partial charge in [0.2, 0.25) is 0 Å². The normalized spacial score (nSPS) is 11.5. The lowest BCUT2D eigenvalue weighted by molar-refractivity contribution is -0.137. The molecule has 0 fully saturated rings. The Hall–Kier alpha value is -1.73. The highest BCUT2D eigenvalue weighted by atomic mass is 35.5. The van der Waals surface area contributed by atoms with Crippen molar-refractivity contribution in [3.8, 4) is 11.8 Å². The number of rotatable bonds is 5. The minimum absolute atomic E-state index is 0.0783. The molecule has 0 radical (unpaired) electrons. The first-order chi connectivity index (χ1) is 9.03. The van der Waals surface area contributed by atoms with Crippen LogP contribution in [0.2, 0.25) is 5.02 Å². The van der Waals surface area contributed by atoms with Gasteiger partial charge < -0.3 is 9.64 Å². The molecule has 0 spiro atoms. The number of ether oxygens (including phenoxy) is 1. The van der Waals surface area contributed by atoms with Crippen LogP contribution in [0.4, 0.5) is 0 Å². The van der Waals surface area contributed by atoms with Crippen LogP contribution in [0.5, 0.6) is 5.75 Å². The summed E-state index contributed by atoms with van der Waals surface area (Å²) < 4.78 is 5.56. The number of likely N-dealkylation sites (N-methyl/N-ethyl adjacent to an activating group) is 1. The maximum absolute atomic E-state index is 12.0. The largest absolute Gasteiger partial charge is 0.479 e. The predicted molar refractivity (Wildman–Crippen MR) is 74.2 cm³/mol. The first-order valence-electron chi connectivity index (χ1n) is 6.18. The number of carbonyl (C=O) groups excluding carboxylic acids is 1. The molecule has 0 aliphatic carbocycles. The Labute approximate surface area is 118 Å². The topological polar surface area (TPSA) is 53.3 Å². The molecule has 0 aliphatic heterocycles. The van der Waals surface area contributed by atoms with Crippen LogP contribution in [0, 0.1) is 11.3 Å². The third kappa shape index (κ3) is 3.87. The molecule has 1 rings (SSSR count). The van der Waals surface area contributed by atoms with Gasteiger partial charge in [-0.2, -0.15) is 5.26 Å². The third-order valence-electron chi connectivity index (χ3n) is 2.79. The van der Waals surface area contributed by atoms with Crippen molar-refractivity contribution in [3.05, 3.63) is 28.8 Å². The number of nitriles is 1. The monoisotopic (exact) mass is 280 g/mol. The summed E-state index contributed by atoms with van der Waals surface area (Å²) in [4.78, 5) is 13.7. The molecule has 0 saturated carbocycles. The number of hydrogen-bond donors (Lipinski definition) is 0. The van der Waals surface area contributed by atoms with E-state index in [1.54, 1.807) is 24.0 Å². The van der Waals surface area contributed by atoms with Gasteiger partial charge in [-0.25, -0.2) is 0 Å². The van der Waals surface area contributed by atoms with E-state index in [-0.39, 0.29) is 5.91 Å². The third-order valence-corrected chi connectivity index (χ3v) is 3.08. The minimum atomic E-state index is -0.606. The molecule has 0 bridgehead atoms. The van der Waals surface area contributed by atoms with Gasteiger partial charge in [-0.3, -0.25) is 4.79 Å². The van der Waals surface area contributed by atoms with Gasteiger partial charge in [-0.05, 0) is 39.0 Å². The standard InChI is InChI=1S/C14H17ClN2O2/c1-4-17(5-2)14(18)10(3)19-13-7-6-11(9-16)8-12(13)15/h6-8,10H,4-5H2,1-3H3. The lowest BCUT2D eigenvalue weighted by atomic mass is 10.2. The average Bonchev–Trinajstić information content (AvgIpc) is 2.42. The van der Waals surface area contributed by atoms with Crippen molar-refractivity contribution in [3.63, 3.8) is 0 Å². The second-order valence-corrected chi connectivity index (χ2v) is 4.43. The van der Waals surface area contributed by atoms with Crippen LogP contribution in [0.3, 0.4) is 0 Å². The quantitative estimate of drug-likeness (QED) is 0.833. The number of amides is 1. The Kier molecular flexibility index (Phi) is 5.65. The Morgan fingerprint density at radius 2 is 2.11 bits per heavy atom. The molecule has 19 heavy (non-hydrogen) atoms. The molecular weight excluding hydrogens is 264 g/mol. The van der Waals surface area contributed by atoms with Gasteiger partial charge in [0.15, 0.2) is 6.10 Å². The summed E-state index contributed by atoms with van der Waals surface area (Å²) in [7, 11) is 0. The number of nitrogens with zero attached hydrogens (tertiary/aromatic N) is 2. The van der Waals surface area contributed by atoms with Crippen LogP contribution < -0.4 is 4.74 Å². The average molecular weight is 281 g/mol.